The first kappa shape index (κ1) is 17.2. The number of aryl methyl sites for hydroxylation is 1. The van der Waals surface area contributed by atoms with Crippen LogP contribution in [0.4, 0.5) is 11.4 Å². The van der Waals surface area contributed by atoms with Crippen LogP contribution in [0.5, 0.6) is 0 Å². The van der Waals surface area contributed by atoms with Gasteiger partial charge in [-0.1, -0.05) is 31.2 Å². The summed E-state index contributed by atoms with van der Waals surface area (Å²) in [5, 5.41) is 9.06. The summed E-state index contributed by atoms with van der Waals surface area (Å²) in [7, 11) is 0. The van der Waals surface area contributed by atoms with E-state index in [1.807, 2.05) is 44.2 Å². The van der Waals surface area contributed by atoms with Crippen LogP contribution in [0.25, 0.3) is 0 Å². The molecule has 0 aromatic heterocycles. The molecule has 25 heavy (non-hydrogen) atoms. The molecular weight excluding hydrogens is 314 g/mol. The lowest BCUT2D eigenvalue weighted by Crippen LogP contribution is -2.48. The fraction of sp³-hybridized carbons (Fsp3) is 0.300. The van der Waals surface area contributed by atoms with Gasteiger partial charge in [-0.3, -0.25) is 9.59 Å². The maximum absolute atomic E-state index is 12.4. The average molecular weight is 337 g/mol. The summed E-state index contributed by atoms with van der Waals surface area (Å²) in [6, 6.07) is 14.6. The van der Waals surface area contributed by atoms with Crippen LogP contribution in [-0.4, -0.2) is 24.9 Å². The Labute approximate surface area is 147 Å². The largest absolute Gasteiger partial charge is 0.326 e. The van der Waals surface area contributed by atoms with Crippen molar-refractivity contribution < 1.29 is 9.59 Å². The summed E-state index contributed by atoms with van der Waals surface area (Å²) in [4.78, 5) is 24.7. The summed E-state index contributed by atoms with van der Waals surface area (Å²) < 4.78 is 0. The van der Waals surface area contributed by atoms with Crippen molar-refractivity contribution in [2.75, 3.05) is 23.7 Å². The second kappa shape index (κ2) is 7.49. The highest BCUT2D eigenvalue weighted by atomic mass is 16.2. The third kappa shape index (κ3) is 4.06. The van der Waals surface area contributed by atoms with E-state index in [2.05, 4.69) is 16.0 Å². The predicted octanol–water partition coefficient (Wildman–Crippen LogP) is 3.04. The second-order valence-corrected chi connectivity index (χ2v) is 6.55. The molecule has 1 aliphatic rings. The van der Waals surface area contributed by atoms with Crippen LogP contribution in [0.15, 0.2) is 48.5 Å². The molecule has 0 aliphatic carbocycles. The number of anilines is 2. The zero-order chi connectivity index (χ0) is 17.8. The normalized spacial score (nSPS) is 15.1. The van der Waals surface area contributed by atoms with Gasteiger partial charge in [-0.05, 0) is 55.8 Å². The number of carbonyl (C=O) groups is 2. The number of benzene rings is 2. The summed E-state index contributed by atoms with van der Waals surface area (Å²) >= 11 is 0. The van der Waals surface area contributed by atoms with Gasteiger partial charge >= 0.3 is 0 Å². The van der Waals surface area contributed by atoms with Crippen molar-refractivity contribution in [2.45, 2.75) is 13.8 Å². The van der Waals surface area contributed by atoms with Crippen molar-refractivity contribution in [3.8, 4) is 0 Å². The highest BCUT2D eigenvalue weighted by molar-refractivity contribution is 6.04. The van der Waals surface area contributed by atoms with Gasteiger partial charge in [-0.15, -0.1) is 0 Å². The Balaban J connectivity index is 1.69. The van der Waals surface area contributed by atoms with Crippen molar-refractivity contribution in [2.24, 2.45) is 11.8 Å². The van der Waals surface area contributed by atoms with Crippen LogP contribution >= 0.6 is 0 Å². The first-order valence-corrected chi connectivity index (χ1v) is 8.53. The van der Waals surface area contributed by atoms with Crippen LogP contribution in [0, 0.1) is 18.8 Å². The molecule has 2 amide bonds. The van der Waals surface area contributed by atoms with Crippen LogP contribution in [0.1, 0.15) is 22.8 Å². The highest BCUT2D eigenvalue weighted by Gasteiger charge is 2.28. The molecule has 130 valence electrons. The van der Waals surface area contributed by atoms with E-state index in [1.54, 1.807) is 18.2 Å². The minimum Gasteiger partial charge on any atom is -0.326 e. The summed E-state index contributed by atoms with van der Waals surface area (Å²) in [5.41, 5.74) is 2.95. The van der Waals surface area contributed by atoms with Gasteiger partial charge in [0.2, 0.25) is 5.91 Å². The predicted molar refractivity (Wildman–Crippen MR) is 99.7 cm³/mol. The molecule has 1 unspecified atom stereocenters. The van der Waals surface area contributed by atoms with Crippen LogP contribution < -0.4 is 16.0 Å². The number of rotatable bonds is 5. The molecule has 0 bridgehead atoms. The minimum atomic E-state index is -0.171. The Morgan fingerprint density at radius 1 is 1.08 bits per heavy atom. The molecule has 3 rings (SSSR count). The third-order valence-corrected chi connectivity index (χ3v) is 4.72. The molecule has 0 radical (unpaired) electrons. The Morgan fingerprint density at radius 3 is 2.44 bits per heavy atom. The van der Waals surface area contributed by atoms with Gasteiger partial charge in [-0.25, -0.2) is 0 Å². The van der Waals surface area contributed by atoms with E-state index >= 15 is 0 Å². The lowest BCUT2D eigenvalue weighted by Gasteiger charge is -2.31. The Hall–Kier alpha value is -2.66. The Morgan fingerprint density at radius 2 is 1.80 bits per heavy atom. The summed E-state index contributed by atoms with van der Waals surface area (Å²) in [6.07, 6.45) is 0. The van der Waals surface area contributed by atoms with E-state index in [1.165, 1.54) is 0 Å². The molecule has 0 spiro atoms. The zero-order valence-corrected chi connectivity index (χ0v) is 14.5. The fourth-order valence-corrected chi connectivity index (χ4v) is 2.75. The SMILES string of the molecule is Cc1ccc(NC(=O)c2ccccc2)cc1NC(=O)C(C)C1CNC1. The van der Waals surface area contributed by atoms with Gasteiger partial charge in [0.25, 0.3) is 5.91 Å². The first-order chi connectivity index (χ1) is 12.0. The van der Waals surface area contributed by atoms with Gasteiger partial charge in [-0.2, -0.15) is 0 Å². The quantitative estimate of drug-likeness (QED) is 0.785. The molecule has 1 aliphatic heterocycles. The molecule has 5 heteroatoms. The molecule has 1 atom stereocenters. The lowest BCUT2D eigenvalue weighted by molar-refractivity contribution is -0.121. The van der Waals surface area contributed by atoms with E-state index in [4.69, 9.17) is 0 Å². The van der Waals surface area contributed by atoms with Gasteiger partial charge in [0.05, 0.1) is 0 Å². The monoisotopic (exact) mass is 337 g/mol. The number of hydrogen-bond donors (Lipinski definition) is 3. The summed E-state index contributed by atoms with van der Waals surface area (Å²) in [6.45, 7) is 5.67. The standard InChI is InChI=1S/C20H23N3O2/c1-13-8-9-17(22-20(25)15-6-4-3-5-7-15)10-18(13)23-19(24)14(2)16-11-21-12-16/h3-10,14,16,21H,11-12H2,1-2H3,(H,22,25)(H,23,24). The molecule has 2 aromatic carbocycles. The average Bonchev–Trinajstić information content (AvgIpc) is 2.57. The molecule has 1 fully saturated rings. The van der Waals surface area contributed by atoms with Gasteiger partial charge in [0.1, 0.15) is 0 Å². The molecule has 3 N–H and O–H groups in total. The number of nitrogens with one attached hydrogen (secondary N) is 3. The number of hydrogen-bond acceptors (Lipinski definition) is 3. The number of carbonyl (C=O) groups excluding carboxylic acids is 2. The van der Waals surface area contributed by atoms with E-state index in [-0.39, 0.29) is 17.7 Å². The van der Waals surface area contributed by atoms with E-state index in [9.17, 15) is 9.59 Å². The van der Waals surface area contributed by atoms with Crippen LogP contribution in [0.3, 0.4) is 0 Å². The maximum atomic E-state index is 12.4. The van der Waals surface area contributed by atoms with Gasteiger partial charge in [0, 0.05) is 22.9 Å². The summed E-state index contributed by atoms with van der Waals surface area (Å²) in [5.74, 6) is 0.196. The molecule has 0 saturated carbocycles. The smallest absolute Gasteiger partial charge is 0.255 e. The van der Waals surface area contributed by atoms with Crippen molar-refractivity contribution in [3.05, 3.63) is 59.7 Å². The van der Waals surface area contributed by atoms with Crippen molar-refractivity contribution in [3.63, 3.8) is 0 Å². The maximum Gasteiger partial charge on any atom is 0.255 e. The van der Waals surface area contributed by atoms with Gasteiger partial charge in [0.15, 0.2) is 0 Å². The molecule has 5 nitrogen and oxygen atoms in total. The van der Waals surface area contributed by atoms with Crippen LogP contribution in [0.2, 0.25) is 0 Å². The fourth-order valence-electron chi connectivity index (χ4n) is 2.75. The van der Waals surface area contributed by atoms with E-state index in [0.717, 1.165) is 24.3 Å². The molecule has 1 heterocycles. The second-order valence-electron chi connectivity index (χ2n) is 6.55. The molecular formula is C20H23N3O2. The Bertz CT molecular complexity index is 770. The lowest BCUT2D eigenvalue weighted by atomic mass is 9.88. The minimum absolute atomic E-state index is 0.0149. The Kier molecular flexibility index (Phi) is 5.14. The first-order valence-electron chi connectivity index (χ1n) is 8.53. The van der Waals surface area contributed by atoms with E-state index < -0.39 is 0 Å². The molecule has 1 saturated heterocycles. The van der Waals surface area contributed by atoms with Crippen molar-refractivity contribution >= 4 is 23.2 Å². The highest BCUT2D eigenvalue weighted by Crippen LogP contribution is 2.23. The third-order valence-electron chi connectivity index (χ3n) is 4.72. The van der Waals surface area contributed by atoms with Crippen molar-refractivity contribution in [1.29, 1.82) is 0 Å². The van der Waals surface area contributed by atoms with Crippen molar-refractivity contribution in [1.82, 2.24) is 5.32 Å². The topological polar surface area (TPSA) is 70.2 Å². The van der Waals surface area contributed by atoms with E-state index in [0.29, 0.717) is 17.2 Å². The van der Waals surface area contributed by atoms with Gasteiger partial charge < -0.3 is 16.0 Å². The zero-order valence-electron chi connectivity index (χ0n) is 14.5. The molecule has 2 aromatic rings. The van der Waals surface area contributed by atoms with Crippen LogP contribution in [-0.2, 0) is 4.79 Å². The number of amides is 2.